The molecule has 1 aromatic heterocycles. The number of phenolic OH excluding ortho intramolecular Hbond substituents is 1. The molecule has 132 valence electrons. The second kappa shape index (κ2) is 7.54. The highest BCUT2D eigenvalue weighted by atomic mass is 35.5. The van der Waals surface area contributed by atoms with Crippen molar-refractivity contribution in [3.05, 3.63) is 88.0 Å². The Morgan fingerprint density at radius 2 is 1.85 bits per heavy atom. The first-order chi connectivity index (χ1) is 12.4. The number of allylic oxidation sites excluding steroid dienone is 1. The first kappa shape index (κ1) is 17.9. The van der Waals surface area contributed by atoms with Gasteiger partial charge in [-0.3, -0.25) is 4.79 Å². The molecule has 26 heavy (non-hydrogen) atoms. The van der Waals surface area contributed by atoms with Gasteiger partial charge < -0.3 is 5.11 Å². The summed E-state index contributed by atoms with van der Waals surface area (Å²) in [5, 5.41) is 14.1. The van der Waals surface area contributed by atoms with Gasteiger partial charge in [0.1, 0.15) is 16.7 Å². The van der Waals surface area contributed by atoms with Crippen molar-refractivity contribution in [1.82, 2.24) is 9.78 Å². The highest BCUT2D eigenvalue weighted by Gasteiger charge is 2.12. The molecule has 3 aromatic rings. The minimum absolute atomic E-state index is 0.103. The topological polar surface area (TPSA) is 55.1 Å². The van der Waals surface area contributed by atoms with Crippen molar-refractivity contribution in [3.63, 3.8) is 0 Å². The third-order valence-electron chi connectivity index (χ3n) is 3.91. The van der Waals surface area contributed by atoms with E-state index >= 15 is 0 Å². The predicted octanol–water partition coefficient (Wildman–Crippen LogP) is 4.63. The lowest BCUT2D eigenvalue weighted by Gasteiger charge is -2.03. The van der Waals surface area contributed by atoms with E-state index in [1.807, 2.05) is 0 Å². The summed E-state index contributed by atoms with van der Waals surface area (Å²) in [4.78, 5) is 12.2. The zero-order valence-electron chi connectivity index (χ0n) is 14.0. The number of hydrogen-bond acceptors (Lipinski definition) is 3. The van der Waals surface area contributed by atoms with Crippen LogP contribution < -0.4 is 0 Å². The molecule has 0 spiro atoms. The SMILES string of the molecule is Cc1nn(Cc2ccc(F)cc2)c(Cl)c1/C=C/C(=O)c1ccc(O)cc1. The fraction of sp³-hybridized carbons (Fsp3) is 0.100. The number of benzene rings is 2. The lowest BCUT2D eigenvalue weighted by atomic mass is 10.1. The summed E-state index contributed by atoms with van der Waals surface area (Å²) < 4.78 is 14.6. The number of aromatic nitrogens is 2. The van der Waals surface area contributed by atoms with Crippen molar-refractivity contribution < 1.29 is 14.3 Å². The summed E-state index contributed by atoms with van der Waals surface area (Å²) in [5.41, 5.74) is 2.67. The predicted molar refractivity (Wildman–Crippen MR) is 98.9 cm³/mol. The molecule has 3 rings (SSSR count). The van der Waals surface area contributed by atoms with Crippen molar-refractivity contribution in [3.8, 4) is 5.75 Å². The largest absolute Gasteiger partial charge is 0.508 e. The Kier molecular flexibility index (Phi) is 5.19. The molecule has 0 saturated carbocycles. The van der Waals surface area contributed by atoms with Gasteiger partial charge in [0, 0.05) is 11.1 Å². The van der Waals surface area contributed by atoms with Gasteiger partial charge >= 0.3 is 0 Å². The Balaban J connectivity index is 1.80. The number of aromatic hydroxyl groups is 1. The average molecular weight is 371 g/mol. The molecule has 2 aromatic carbocycles. The second-order valence-corrected chi connectivity index (χ2v) is 6.18. The van der Waals surface area contributed by atoms with Gasteiger partial charge in [-0.25, -0.2) is 9.07 Å². The molecule has 0 unspecified atom stereocenters. The Hall–Kier alpha value is -2.92. The van der Waals surface area contributed by atoms with Crippen LogP contribution in [0.25, 0.3) is 6.08 Å². The maximum atomic E-state index is 13.0. The van der Waals surface area contributed by atoms with Gasteiger partial charge in [0.15, 0.2) is 5.78 Å². The molecule has 0 aliphatic heterocycles. The van der Waals surface area contributed by atoms with Crippen LogP contribution in [0.2, 0.25) is 5.15 Å². The molecular formula is C20H16ClFN2O2. The molecular weight excluding hydrogens is 355 g/mol. The Morgan fingerprint density at radius 3 is 2.50 bits per heavy atom. The zero-order valence-corrected chi connectivity index (χ0v) is 14.7. The van der Waals surface area contributed by atoms with E-state index in [0.29, 0.717) is 28.5 Å². The van der Waals surface area contributed by atoms with Crippen molar-refractivity contribution in [2.45, 2.75) is 13.5 Å². The minimum Gasteiger partial charge on any atom is -0.508 e. The number of rotatable bonds is 5. The molecule has 0 aliphatic rings. The molecule has 0 radical (unpaired) electrons. The zero-order chi connectivity index (χ0) is 18.7. The Labute approximate surface area is 155 Å². The summed E-state index contributed by atoms with van der Waals surface area (Å²) in [6.45, 7) is 2.21. The van der Waals surface area contributed by atoms with Gasteiger partial charge in [-0.15, -0.1) is 0 Å². The van der Waals surface area contributed by atoms with Gasteiger partial charge in [0.25, 0.3) is 0 Å². The average Bonchev–Trinajstić information content (AvgIpc) is 2.89. The second-order valence-electron chi connectivity index (χ2n) is 5.82. The summed E-state index contributed by atoms with van der Waals surface area (Å²) >= 11 is 6.39. The van der Waals surface area contributed by atoms with E-state index in [1.54, 1.807) is 41.9 Å². The van der Waals surface area contributed by atoms with E-state index in [4.69, 9.17) is 11.6 Å². The first-order valence-corrected chi connectivity index (χ1v) is 8.30. The molecule has 0 aliphatic carbocycles. The van der Waals surface area contributed by atoms with Crippen LogP contribution in [0.4, 0.5) is 4.39 Å². The maximum Gasteiger partial charge on any atom is 0.185 e. The maximum absolute atomic E-state index is 13.0. The van der Waals surface area contributed by atoms with Crippen LogP contribution >= 0.6 is 11.6 Å². The molecule has 6 heteroatoms. The third kappa shape index (κ3) is 4.00. The summed E-state index contributed by atoms with van der Waals surface area (Å²) in [6.07, 6.45) is 3.05. The third-order valence-corrected chi connectivity index (χ3v) is 4.31. The summed E-state index contributed by atoms with van der Waals surface area (Å²) in [7, 11) is 0. The van der Waals surface area contributed by atoms with E-state index in [1.165, 1.54) is 30.3 Å². The van der Waals surface area contributed by atoms with Crippen LogP contribution in [0.5, 0.6) is 5.75 Å². The van der Waals surface area contributed by atoms with Crippen molar-refractivity contribution >= 4 is 23.5 Å². The minimum atomic E-state index is -0.298. The van der Waals surface area contributed by atoms with E-state index in [9.17, 15) is 14.3 Å². The molecule has 0 bridgehead atoms. The Bertz CT molecular complexity index is 961. The van der Waals surface area contributed by atoms with Gasteiger partial charge in [-0.05, 0) is 61.0 Å². The number of nitrogens with zero attached hydrogens (tertiary/aromatic N) is 2. The molecule has 4 nitrogen and oxygen atoms in total. The van der Waals surface area contributed by atoms with Crippen LogP contribution in [0, 0.1) is 12.7 Å². The van der Waals surface area contributed by atoms with Crippen LogP contribution in [-0.4, -0.2) is 20.7 Å². The van der Waals surface area contributed by atoms with Crippen LogP contribution in [-0.2, 0) is 6.54 Å². The fourth-order valence-electron chi connectivity index (χ4n) is 2.50. The highest BCUT2D eigenvalue weighted by Crippen LogP contribution is 2.23. The molecule has 1 heterocycles. The number of ketones is 1. The quantitative estimate of drug-likeness (QED) is 0.526. The summed E-state index contributed by atoms with van der Waals surface area (Å²) in [5.74, 6) is -0.397. The fourth-order valence-corrected chi connectivity index (χ4v) is 2.80. The number of hydrogen-bond donors (Lipinski definition) is 1. The lowest BCUT2D eigenvalue weighted by molar-refractivity contribution is 0.104. The number of aryl methyl sites for hydroxylation is 1. The van der Waals surface area contributed by atoms with Gasteiger partial charge in [-0.1, -0.05) is 23.7 Å². The van der Waals surface area contributed by atoms with Crippen molar-refractivity contribution in [2.75, 3.05) is 0 Å². The van der Waals surface area contributed by atoms with Crippen molar-refractivity contribution in [2.24, 2.45) is 0 Å². The number of halogens is 2. The first-order valence-electron chi connectivity index (χ1n) is 7.93. The van der Waals surface area contributed by atoms with Crippen LogP contribution in [0.15, 0.2) is 54.6 Å². The highest BCUT2D eigenvalue weighted by molar-refractivity contribution is 6.31. The summed E-state index contributed by atoms with van der Waals surface area (Å²) in [6, 6.07) is 12.1. The van der Waals surface area contributed by atoms with Gasteiger partial charge in [0.2, 0.25) is 0 Å². The van der Waals surface area contributed by atoms with Crippen LogP contribution in [0.1, 0.15) is 27.2 Å². The molecule has 0 fully saturated rings. The van der Waals surface area contributed by atoms with Crippen LogP contribution in [0.3, 0.4) is 0 Å². The molecule has 0 atom stereocenters. The Morgan fingerprint density at radius 1 is 1.19 bits per heavy atom. The van der Waals surface area contributed by atoms with E-state index in [-0.39, 0.29) is 17.3 Å². The lowest BCUT2D eigenvalue weighted by Crippen LogP contribution is -2.02. The van der Waals surface area contributed by atoms with Crippen molar-refractivity contribution in [1.29, 1.82) is 0 Å². The number of carbonyl (C=O) groups excluding carboxylic acids is 1. The monoisotopic (exact) mass is 370 g/mol. The normalized spacial score (nSPS) is 11.2. The molecule has 1 N–H and O–H groups in total. The number of phenols is 1. The van der Waals surface area contributed by atoms with E-state index in [2.05, 4.69) is 5.10 Å². The number of carbonyl (C=O) groups is 1. The molecule has 0 saturated heterocycles. The van der Waals surface area contributed by atoms with E-state index < -0.39 is 0 Å². The molecule has 0 amide bonds. The van der Waals surface area contributed by atoms with E-state index in [0.717, 1.165) is 5.56 Å². The van der Waals surface area contributed by atoms with Gasteiger partial charge in [-0.2, -0.15) is 5.10 Å². The van der Waals surface area contributed by atoms with Gasteiger partial charge in [0.05, 0.1) is 12.2 Å². The standard InChI is InChI=1S/C20H16ClFN2O2/c1-13-18(10-11-19(26)15-4-8-17(25)9-5-15)20(21)24(23-13)12-14-2-6-16(22)7-3-14/h2-11,25H,12H2,1H3/b11-10+. The smallest absolute Gasteiger partial charge is 0.185 e.